The molecule has 320 valence electrons. The third kappa shape index (κ3) is 4.80. The summed E-state index contributed by atoms with van der Waals surface area (Å²) in [6.07, 6.45) is 0. The van der Waals surface area contributed by atoms with Crippen LogP contribution < -0.4 is 0 Å². The van der Waals surface area contributed by atoms with Crippen LogP contribution in [0.5, 0.6) is 0 Å². The average molecular weight is 849 g/mol. The third-order valence-electron chi connectivity index (χ3n) is 16.3. The van der Waals surface area contributed by atoms with Crippen molar-refractivity contribution < 1.29 is 0 Å². The molecule has 0 atom stereocenters. The van der Waals surface area contributed by atoms with E-state index in [4.69, 9.17) is 0 Å². The van der Waals surface area contributed by atoms with Crippen molar-refractivity contribution in [2.75, 3.05) is 0 Å². The van der Waals surface area contributed by atoms with Gasteiger partial charge in [-0.1, -0.05) is 156 Å². The van der Waals surface area contributed by atoms with Gasteiger partial charge in [0.2, 0.25) is 0 Å². The molecule has 0 N–H and O–H groups in total. The van der Waals surface area contributed by atoms with Crippen molar-refractivity contribution in [2.45, 2.75) is 105 Å². The quantitative estimate of drug-likeness (QED) is 0.105. The molecule has 0 aromatic heterocycles. The lowest BCUT2D eigenvalue weighted by molar-refractivity contribution is 0.591. The smallest absolute Gasteiger partial charge is 0.0000480 e. The molecule has 0 heteroatoms. The summed E-state index contributed by atoms with van der Waals surface area (Å²) in [5.41, 5.74) is 5.54. The first-order chi connectivity index (χ1) is 31.3. The Hall–Kier alpha value is -6.50. The van der Waals surface area contributed by atoms with Gasteiger partial charge in [-0.3, -0.25) is 0 Å². The van der Waals surface area contributed by atoms with E-state index in [1.165, 1.54) is 162 Å². The van der Waals surface area contributed by atoms with Crippen molar-refractivity contribution in [2.24, 2.45) is 0 Å². The Morgan fingerprint density at radius 1 is 0.197 bits per heavy atom. The topological polar surface area (TPSA) is 0 Å². The van der Waals surface area contributed by atoms with Crippen LogP contribution in [0.2, 0.25) is 0 Å². The molecular weight excluding hydrogens is 793 g/mol. The minimum absolute atomic E-state index is 0.0421. The van der Waals surface area contributed by atoms with Crippen molar-refractivity contribution in [1.29, 1.82) is 0 Å². The molecule has 0 nitrogen and oxygen atoms in total. The van der Waals surface area contributed by atoms with Gasteiger partial charge in [-0.15, -0.1) is 0 Å². The van der Waals surface area contributed by atoms with Crippen LogP contribution in [0.25, 0.3) is 140 Å². The standard InChI is InChI=1S/C66H56/c1-63(2,3)37-21-19-33-25-47-45(27-35(33)23-37)51-31-39(65(7,8)9)29-49-41-15-14-18-44-54(41)61-59(57(49)51)55(47)43-17-13-16-42-50-30-40(66(10,11)12)32-52-46-28-36-24-38(64(4,5)6)22-20-34(36)26-48(46)56(44)60(58(50)52)62(61)53(42)43/h13-32H,1-12H3. The molecular formula is C66H56. The summed E-state index contributed by atoms with van der Waals surface area (Å²) >= 11 is 0. The zero-order valence-electron chi connectivity index (χ0n) is 40.5. The molecule has 14 aromatic rings. The lowest BCUT2D eigenvalue weighted by Crippen LogP contribution is -2.11. The van der Waals surface area contributed by atoms with Crippen molar-refractivity contribution in [1.82, 2.24) is 0 Å². The van der Waals surface area contributed by atoms with Crippen molar-refractivity contribution >= 4 is 140 Å². The van der Waals surface area contributed by atoms with Crippen molar-refractivity contribution in [3.05, 3.63) is 144 Å². The molecule has 0 heterocycles. The van der Waals surface area contributed by atoms with Crippen LogP contribution in [0.3, 0.4) is 0 Å². The van der Waals surface area contributed by atoms with E-state index in [1.807, 2.05) is 0 Å². The largest absolute Gasteiger partial charge is 0.0610 e. The summed E-state index contributed by atoms with van der Waals surface area (Å²) < 4.78 is 0. The number of hydrogen-bond donors (Lipinski definition) is 0. The van der Waals surface area contributed by atoms with Crippen molar-refractivity contribution in [3.8, 4) is 0 Å². The fourth-order valence-electron chi connectivity index (χ4n) is 12.8. The summed E-state index contributed by atoms with van der Waals surface area (Å²) in [5, 5.41) is 35.8. The molecule has 0 radical (unpaired) electrons. The highest BCUT2D eigenvalue weighted by Gasteiger charge is 2.31. The second-order valence-corrected chi connectivity index (χ2v) is 24.5. The molecule has 0 unspecified atom stereocenters. The summed E-state index contributed by atoms with van der Waals surface area (Å²) in [4.78, 5) is 0. The number of fused-ring (bicyclic) bond motifs is 12. The molecule has 0 aliphatic carbocycles. The van der Waals surface area contributed by atoms with Gasteiger partial charge in [0.1, 0.15) is 0 Å². The maximum absolute atomic E-state index is 2.57. The highest BCUT2D eigenvalue weighted by Crippen LogP contribution is 2.59. The van der Waals surface area contributed by atoms with E-state index >= 15 is 0 Å². The average Bonchev–Trinajstić information content (AvgIpc) is 3.26. The van der Waals surface area contributed by atoms with Crippen LogP contribution in [0.15, 0.2) is 121 Å². The van der Waals surface area contributed by atoms with E-state index in [0.29, 0.717) is 0 Å². The van der Waals surface area contributed by atoms with Crippen LogP contribution >= 0.6 is 0 Å². The fraction of sp³-hybridized carbons (Fsp3) is 0.242. The van der Waals surface area contributed by atoms with Gasteiger partial charge in [0, 0.05) is 0 Å². The predicted molar refractivity (Wildman–Crippen MR) is 294 cm³/mol. The second kappa shape index (κ2) is 11.9. The molecule has 0 amide bonds. The Morgan fingerprint density at radius 2 is 0.470 bits per heavy atom. The Kier molecular flexibility index (Phi) is 6.98. The third-order valence-corrected chi connectivity index (χ3v) is 16.3. The molecule has 0 spiro atoms. The minimum Gasteiger partial charge on any atom is -0.0610 e. The van der Waals surface area contributed by atoms with Crippen molar-refractivity contribution in [3.63, 3.8) is 0 Å². The zero-order valence-corrected chi connectivity index (χ0v) is 40.5. The van der Waals surface area contributed by atoms with E-state index in [9.17, 15) is 0 Å². The molecule has 66 heavy (non-hydrogen) atoms. The van der Waals surface area contributed by atoms with Gasteiger partial charge in [-0.05, 0) is 232 Å². The lowest BCUT2D eigenvalue weighted by atomic mass is 9.73. The van der Waals surface area contributed by atoms with E-state index in [-0.39, 0.29) is 21.7 Å². The Morgan fingerprint density at radius 3 is 0.833 bits per heavy atom. The molecule has 0 saturated carbocycles. The molecule has 0 saturated heterocycles. The summed E-state index contributed by atoms with van der Waals surface area (Å²) in [7, 11) is 0. The zero-order chi connectivity index (χ0) is 45.5. The molecule has 0 aliphatic rings. The molecule has 14 aromatic carbocycles. The van der Waals surface area contributed by atoms with Gasteiger partial charge < -0.3 is 0 Å². The van der Waals surface area contributed by atoms with Crippen LogP contribution in [0, 0.1) is 0 Å². The number of hydrogen-bond acceptors (Lipinski definition) is 0. The first kappa shape index (κ1) is 38.7. The summed E-state index contributed by atoms with van der Waals surface area (Å²) in [5.74, 6) is 0. The van der Waals surface area contributed by atoms with Crippen LogP contribution in [-0.2, 0) is 21.7 Å². The summed E-state index contributed by atoms with van der Waals surface area (Å²) in [6.45, 7) is 28.3. The normalized spacial score (nSPS) is 14.1. The molecule has 0 bridgehead atoms. The fourth-order valence-corrected chi connectivity index (χ4v) is 12.8. The van der Waals surface area contributed by atoms with E-state index in [0.717, 1.165) is 0 Å². The minimum atomic E-state index is -0.0421. The van der Waals surface area contributed by atoms with Crippen LogP contribution in [0.1, 0.15) is 105 Å². The SMILES string of the molecule is CC(C)(C)c1ccc2cc3c(cc2c1)c1cc(C(C)(C)C)cc2c4cccc5c6c7cc8ccc(C(C)(C)C)cc8cc7c7cc(C(C)(C)C)cc8c9cccc%10c3c(c12)c(c45)c(c9%10)c6c78. The number of benzene rings is 14. The second-order valence-electron chi connectivity index (χ2n) is 24.5. The lowest BCUT2D eigenvalue weighted by Gasteiger charge is -2.29. The number of rotatable bonds is 0. The monoisotopic (exact) mass is 848 g/mol. The van der Waals surface area contributed by atoms with Crippen LogP contribution in [0.4, 0.5) is 0 Å². The molecule has 14 rings (SSSR count). The van der Waals surface area contributed by atoms with E-state index in [2.05, 4.69) is 204 Å². The molecule has 0 aliphatic heterocycles. The first-order valence-corrected chi connectivity index (χ1v) is 24.3. The van der Waals surface area contributed by atoms with Gasteiger partial charge >= 0.3 is 0 Å². The maximum atomic E-state index is 2.57. The maximum Gasteiger partial charge on any atom is -0.0000480 e. The molecule has 0 fully saturated rings. The van der Waals surface area contributed by atoms with Gasteiger partial charge in [-0.2, -0.15) is 0 Å². The van der Waals surface area contributed by atoms with Crippen LogP contribution in [-0.4, -0.2) is 0 Å². The highest BCUT2D eigenvalue weighted by molar-refractivity contribution is 6.58. The summed E-state index contributed by atoms with van der Waals surface area (Å²) in [6, 6.07) is 49.4. The van der Waals surface area contributed by atoms with Gasteiger partial charge in [0.05, 0.1) is 0 Å². The van der Waals surface area contributed by atoms with Gasteiger partial charge in [-0.25, -0.2) is 0 Å². The van der Waals surface area contributed by atoms with E-state index in [1.54, 1.807) is 0 Å². The first-order valence-electron chi connectivity index (χ1n) is 24.3. The Bertz CT molecular complexity index is 4160. The Balaban J connectivity index is 1.33. The Labute approximate surface area is 386 Å². The van der Waals surface area contributed by atoms with Gasteiger partial charge in [0.15, 0.2) is 0 Å². The predicted octanol–water partition coefficient (Wildman–Crippen LogP) is 19.6. The highest BCUT2D eigenvalue weighted by atomic mass is 14.3. The van der Waals surface area contributed by atoms with Gasteiger partial charge in [0.25, 0.3) is 0 Å². The van der Waals surface area contributed by atoms with E-state index < -0.39 is 0 Å².